The van der Waals surface area contributed by atoms with Crippen LogP contribution in [0.5, 0.6) is 0 Å². The third-order valence-electron chi connectivity index (χ3n) is 3.56. The van der Waals surface area contributed by atoms with E-state index in [1.165, 1.54) is 0 Å². The van der Waals surface area contributed by atoms with Gasteiger partial charge in [-0.3, -0.25) is 9.89 Å². The lowest BCUT2D eigenvalue weighted by molar-refractivity contribution is 0.0759. The topological polar surface area (TPSA) is 75.0 Å². The van der Waals surface area contributed by atoms with Crippen molar-refractivity contribution in [1.82, 2.24) is 15.1 Å². The second kappa shape index (κ2) is 5.45. The minimum Gasteiger partial charge on any atom is -0.395 e. The number of thioether (sulfide) groups is 1. The Morgan fingerprint density at radius 3 is 2.89 bits per heavy atom. The Morgan fingerprint density at radius 1 is 1.53 bits per heavy atom. The SMILES string of the molecule is CCc1[nH]nc(C(=O)N2CCSC(C)(C)CC2)c1N. The number of nitrogen functional groups attached to an aromatic ring is 1. The molecule has 1 amide bonds. The number of hydrogen-bond acceptors (Lipinski definition) is 4. The largest absolute Gasteiger partial charge is 0.395 e. The molecule has 0 unspecified atom stereocenters. The van der Waals surface area contributed by atoms with Gasteiger partial charge in [-0.25, -0.2) is 0 Å². The van der Waals surface area contributed by atoms with Crippen molar-refractivity contribution in [3.8, 4) is 0 Å². The average Bonchev–Trinajstić information content (AvgIpc) is 2.63. The summed E-state index contributed by atoms with van der Waals surface area (Å²) < 4.78 is 0.237. The highest BCUT2D eigenvalue weighted by Gasteiger charge is 2.28. The van der Waals surface area contributed by atoms with E-state index in [4.69, 9.17) is 5.73 Å². The van der Waals surface area contributed by atoms with Gasteiger partial charge >= 0.3 is 0 Å². The number of nitrogens with zero attached hydrogens (tertiary/aromatic N) is 2. The zero-order valence-corrected chi connectivity index (χ0v) is 12.6. The van der Waals surface area contributed by atoms with Gasteiger partial charge in [-0.2, -0.15) is 16.9 Å². The predicted molar refractivity (Wildman–Crippen MR) is 79.4 cm³/mol. The maximum Gasteiger partial charge on any atom is 0.276 e. The molecule has 2 heterocycles. The maximum atomic E-state index is 12.5. The first-order chi connectivity index (χ1) is 8.94. The molecule has 0 radical (unpaired) electrons. The first kappa shape index (κ1) is 14.2. The number of hydrogen-bond donors (Lipinski definition) is 2. The Bertz CT molecular complexity index is 469. The number of aromatic nitrogens is 2. The van der Waals surface area contributed by atoms with Crippen molar-refractivity contribution in [2.24, 2.45) is 0 Å². The monoisotopic (exact) mass is 282 g/mol. The molecule has 0 saturated carbocycles. The number of nitrogens with two attached hydrogens (primary N) is 1. The number of aryl methyl sites for hydroxylation is 1. The Labute approximate surface area is 118 Å². The van der Waals surface area contributed by atoms with E-state index in [9.17, 15) is 4.79 Å². The molecule has 6 heteroatoms. The van der Waals surface area contributed by atoms with E-state index in [1.807, 2.05) is 23.6 Å². The fraction of sp³-hybridized carbons (Fsp3) is 0.692. The Kier molecular flexibility index (Phi) is 4.08. The summed E-state index contributed by atoms with van der Waals surface area (Å²) in [7, 11) is 0. The van der Waals surface area contributed by atoms with Crippen molar-refractivity contribution in [3.63, 3.8) is 0 Å². The van der Waals surface area contributed by atoms with Crippen LogP contribution in [-0.2, 0) is 6.42 Å². The summed E-state index contributed by atoms with van der Waals surface area (Å²) >= 11 is 1.92. The number of aromatic amines is 1. The summed E-state index contributed by atoms with van der Waals surface area (Å²) in [6, 6.07) is 0. The quantitative estimate of drug-likeness (QED) is 0.869. The van der Waals surface area contributed by atoms with E-state index in [0.29, 0.717) is 11.4 Å². The fourth-order valence-electron chi connectivity index (χ4n) is 2.19. The van der Waals surface area contributed by atoms with Gasteiger partial charge in [0.05, 0.1) is 11.4 Å². The van der Waals surface area contributed by atoms with E-state index in [-0.39, 0.29) is 10.7 Å². The van der Waals surface area contributed by atoms with Gasteiger partial charge in [-0.1, -0.05) is 20.8 Å². The van der Waals surface area contributed by atoms with Crippen LogP contribution in [0.4, 0.5) is 5.69 Å². The van der Waals surface area contributed by atoms with Crippen molar-refractivity contribution in [3.05, 3.63) is 11.4 Å². The third kappa shape index (κ3) is 3.05. The summed E-state index contributed by atoms with van der Waals surface area (Å²) in [5, 5.41) is 6.93. The van der Waals surface area contributed by atoms with Crippen LogP contribution in [0.25, 0.3) is 0 Å². The summed E-state index contributed by atoms with van der Waals surface area (Å²) in [4.78, 5) is 14.3. The predicted octanol–water partition coefficient (Wildman–Crippen LogP) is 1.91. The van der Waals surface area contributed by atoms with Crippen LogP contribution in [0.1, 0.15) is 43.4 Å². The molecule has 106 valence electrons. The number of carbonyl (C=O) groups excluding carboxylic acids is 1. The Morgan fingerprint density at radius 2 is 2.26 bits per heavy atom. The molecule has 1 fully saturated rings. The second-order valence-electron chi connectivity index (χ2n) is 5.47. The fourth-order valence-corrected chi connectivity index (χ4v) is 3.29. The molecule has 1 saturated heterocycles. The highest BCUT2D eigenvalue weighted by Crippen LogP contribution is 2.31. The van der Waals surface area contributed by atoms with Gasteiger partial charge in [-0.05, 0) is 12.8 Å². The molecular formula is C13H22N4OS. The van der Waals surface area contributed by atoms with Crippen molar-refractivity contribution >= 4 is 23.4 Å². The van der Waals surface area contributed by atoms with Gasteiger partial charge in [0.1, 0.15) is 0 Å². The van der Waals surface area contributed by atoms with Gasteiger partial charge in [-0.15, -0.1) is 0 Å². The molecule has 5 nitrogen and oxygen atoms in total. The van der Waals surface area contributed by atoms with Gasteiger partial charge < -0.3 is 10.6 Å². The van der Waals surface area contributed by atoms with Crippen molar-refractivity contribution in [2.45, 2.75) is 38.4 Å². The number of H-pyrrole nitrogens is 1. The molecule has 2 rings (SSSR count). The molecule has 0 spiro atoms. The number of carbonyl (C=O) groups is 1. The van der Waals surface area contributed by atoms with Crippen LogP contribution in [0.2, 0.25) is 0 Å². The smallest absolute Gasteiger partial charge is 0.276 e. The standard InChI is InChI=1S/C13H22N4OS/c1-4-9-10(14)11(16-15-9)12(18)17-6-5-13(2,3)19-8-7-17/h4-8,14H2,1-3H3,(H,15,16). The van der Waals surface area contributed by atoms with Gasteiger partial charge in [0.15, 0.2) is 5.69 Å². The van der Waals surface area contributed by atoms with Gasteiger partial charge in [0.2, 0.25) is 0 Å². The lowest BCUT2D eigenvalue weighted by Crippen LogP contribution is -2.34. The number of nitrogens with one attached hydrogen (secondary N) is 1. The van der Waals surface area contributed by atoms with E-state index in [0.717, 1.165) is 37.4 Å². The van der Waals surface area contributed by atoms with Crippen LogP contribution in [0, 0.1) is 0 Å². The lowest BCUT2D eigenvalue weighted by Gasteiger charge is -2.22. The Hall–Kier alpha value is -1.17. The van der Waals surface area contributed by atoms with Crippen LogP contribution in [-0.4, -0.2) is 44.6 Å². The first-order valence-electron chi connectivity index (χ1n) is 6.70. The van der Waals surface area contributed by atoms with Crippen molar-refractivity contribution < 1.29 is 4.79 Å². The average molecular weight is 282 g/mol. The summed E-state index contributed by atoms with van der Waals surface area (Å²) in [5.74, 6) is 0.913. The Balaban J connectivity index is 2.13. The van der Waals surface area contributed by atoms with Crippen LogP contribution in [0.3, 0.4) is 0 Å². The summed E-state index contributed by atoms with van der Waals surface area (Å²) in [6.45, 7) is 7.98. The second-order valence-corrected chi connectivity index (χ2v) is 7.27. The number of anilines is 1. The molecule has 1 aliphatic heterocycles. The van der Waals surface area contributed by atoms with Crippen molar-refractivity contribution in [2.75, 3.05) is 24.6 Å². The molecule has 0 atom stereocenters. The lowest BCUT2D eigenvalue weighted by atomic mass is 10.1. The van der Waals surface area contributed by atoms with Crippen molar-refractivity contribution in [1.29, 1.82) is 0 Å². The zero-order valence-electron chi connectivity index (χ0n) is 11.8. The molecule has 1 aromatic rings. The van der Waals surface area contributed by atoms with Crippen LogP contribution < -0.4 is 5.73 Å². The first-order valence-corrected chi connectivity index (χ1v) is 7.69. The highest BCUT2D eigenvalue weighted by atomic mass is 32.2. The molecule has 1 aromatic heterocycles. The minimum atomic E-state index is -0.0493. The highest BCUT2D eigenvalue weighted by molar-refractivity contribution is 8.00. The summed E-state index contributed by atoms with van der Waals surface area (Å²) in [6.07, 6.45) is 1.75. The number of rotatable bonds is 2. The minimum absolute atomic E-state index is 0.0493. The number of amides is 1. The van der Waals surface area contributed by atoms with Crippen LogP contribution >= 0.6 is 11.8 Å². The third-order valence-corrected chi connectivity index (χ3v) is 4.94. The summed E-state index contributed by atoms with van der Waals surface area (Å²) in [5.41, 5.74) is 7.69. The molecule has 0 aromatic carbocycles. The molecule has 19 heavy (non-hydrogen) atoms. The van der Waals surface area contributed by atoms with E-state index in [1.54, 1.807) is 0 Å². The van der Waals surface area contributed by atoms with Gasteiger partial charge in [0, 0.05) is 23.6 Å². The van der Waals surface area contributed by atoms with E-state index < -0.39 is 0 Å². The molecule has 0 aliphatic carbocycles. The maximum absolute atomic E-state index is 12.5. The molecular weight excluding hydrogens is 260 g/mol. The van der Waals surface area contributed by atoms with E-state index >= 15 is 0 Å². The normalized spacial score (nSPS) is 19.2. The zero-order chi connectivity index (χ0) is 14.0. The molecule has 3 N–H and O–H groups in total. The molecule has 1 aliphatic rings. The van der Waals surface area contributed by atoms with E-state index in [2.05, 4.69) is 24.0 Å². The molecule has 0 bridgehead atoms. The van der Waals surface area contributed by atoms with Crippen LogP contribution in [0.15, 0.2) is 0 Å². The van der Waals surface area contributed by atoms with Gasteiger partial charge in [0.25, 0.3) is 5.91 Å².